The van der Waals surface area contributed by atoms with E-state index in [1.807, 2.05) is 30.3 Å². The molecule has 0 unspecified atom stereocenters. The average molecular weight is 326 g/mol. The Labute approximate surface area is 138 Å². The van der Waals surface area contributed by atoms with E-state index in [9.17, 15) is 4.79 Å². The first kappa shape index (κ1) is 14.6. The summed E-state index contributed by atoms with van der Waals surface area (Å²) < 4.78 is 6.98. The van der Waals surface area contributed by atoms with Gasteiger partial charge in [0.1, 0.15) is 17.3 Å². The third-order valence-corrected chi connectivity index (χ3v) is 5.53. The molecule has 0 amide bonds. The fourth-order valence-corrected chi connectivity index (χ4v) is 4.59. The summed E-state index contributed by atoms with van der Waals surface area (Å²) >= 11 is 1.68. The molecule has 4 nitrogen and oxygen atoms in total. The van der Waals surface area contributed by atoms with E-state index in [0.717, 1.165) is 35.2 Å². The van der Waals surface area contributed by atoms with Crippen molar-refractivity contribution in [2.24, 2.45) is 0 Å². The largest absolute Gasteiger partial charge is 0.377 e. The van der Waals surface area contributed by atoms with Gasteiger partial charge in [0.15, 0.2) is 0 Å². The number of methoxy groups -OCH3 is 1. The van der Waals surface area contributed by atoms with E-state index in [0.29, 0.717) is 12.4 Å². The lowest BCUT2D eigenvalue weighted by Gasteiger charge is -2.13. The molecule has 23 heavy (non-hydrogen) atoms. The third kappa shape index (κ3) is 2.40. The molecule has 5 heteroatoms. The normalized spacial score (nSPS) is 14.1. The summed E-state index contributed by atoms with van der Waals surface area (Å²) in [5.74, 6) is 0.662. The van der Waals surface area contributed by atoms with Gasteiger partial charge in [-0.1, -0.05) is 18.2 Å². The predicted molar refractivity (Wildman–Crippen MR) is 92.6 cm³/mol. The van der Waals surface area contributed by atoms with E-state index in [4.69, 9.17) is 9.72 Å². The predicted octanol–water partition coefficient (Wildman–Crippen LogP) is 3.47. The molecule has 2 heterocycles. The van der Waals surface area contributed by atoms with Gasteiger partial charge in [0, 0.05) is 12.0 Å². The van der Waals surface area contributed by atoms with Crippen LogP contribution in [0.2, 0.25) is 0 Å². The SMILES string of the molecule is COCc1nc2sc3c(c2c(=O)n1-c1ccccc1)CCCC3. The lowest BCUT2D eigenvalue weighted by molar-refractivity contribution is 0.175. The number of aryl methyl sites for hydroxylation is 2. The van der Waals surface area contributed by atoms with Gasteiger partial charge in [0.25, 0.3) is 5.56 Å². The van der Waals surface area contributed by atoms with Gasteiger partial charge >= 0.3 is 0 Å². The van der Waals surface area contributed by atoms with Crippen molar-refractivity contribution in [3.8, 4) is 5.69 Å². The van der Waals surface area contributed by atoms with Crippen molar-refractivity contribution in [2.45, 2.75) is 32.3 Å². The molecule has 1 aliphatic rings. The minimum atomic E-state index is 0.0349. The first-order valence-corrected chi connectivity index (χ1v) is 8.72. The van der Waals surface area contributed by atoms with Crippen LogP contribution in [0.15, 0.2) is 35.1 Å². The van der Waals surface area contributed by atoms with Crippen molar-refractivity contribution < 1.29 is 4.74 Å². The second-order valence-electron chi connectivity index (χ2n) is 5.83. The number of aromatic nitrogens is 2. The number of ether oxygens (including phenoxy) is 1. The van der Waals surface area contributed by atoms with Crippen LogP contribution in [0.4, 0.5) is 0 Å². The van der Waals surface area contributed by atoms with Crippen LogP contribution in [0.5, 0.6) is 0 Å². The molecule has 1 aliphatic carbocycles. The van der Waals surface area contributed by atoms with E-state index in [-0.39, 0.29) is 5.56 Å². The highest BCUT2D eigenvalue weighted by Crippen LogP contribution is 2.34. The number of para-hydroxylation sites is 1. The second-order valence-corrected chi connectivity index (χ2v) is 6.91. The van der Waals surface area contributed by atoms with Gasteiger partial charge in [-0.05, 0) is 43.4 Å². The van der Waals surface area contributed by atoms with Gasteiger partial charge < -0.3 is 4.74 Å². The molecule has 4 rings (SSSR count). The van der Waals surface area contributed by atoms with E-state index >= 15 is 0 Å². The molecular weight excluding hydrogens is 308 g/mol. The van der Waals surface area contributed by atoms with Gasteiger partial charge in [-0.3, -0.25) is 9.36 Å². The Morgan fingerprint density at radius 3 is 2.78 bits per heavy atom. The summed E-state index contributed by atoms with van der Waals surface area (Å²) in [7, 11) is 1.63. The quantitative estimate of drug-likeness (QED) is 0.740. The van der Waals surface area contributed by atoms with Crippen LogP contribution < -0.4 is 5.56 Å². The molecule has 0 saturated heterocycles. The molecule has 0 N–H and O–H groups in total. The number of hydrogen-bond acceptors (Lipinski definition) is 4. The maximum absolute atomic E-state index is 13.2. The van der Waals surface area contributed by atoms with E-state index in [2.05, 4.69) is 0 Å². The number of benzene rings is 1. The van der Waals surface area contributed by atoms with E-state index in [1.165, 1.54) is 16.9 Å². The fourth-order valence-electron chi connectivity index (χ4n) is 3.32. The number of hydrogen-bond donors (Lipinski definition) is 0. The van der Waals surface area contributed by atoms with Crippen molar-refractivity contribution in [3.63, 3.8) is 0 Å². The molecule has 0 aliphatic heterocycles. The zero-order valence-corrected chi connectivity index (χ0v) is 13.9. The number of nitrogens with zero attached hydrogens (tertiary/aromatic N) is 2. The Bertz CT molecular complexity index is 912. The fraction of sp³-hybridized carbons (Fsp3) is 0.333. The summed E-state index contributed by atoms with van der Waals surface area (Å²) in [6, 6.07) is 9.69. The van der Waals surface area contributed by atoms with Gasteiger partial charge in [0.2, 0.25) is 0 Å². The van der Waals surface area contributed by atoms with Crippen molar-refractivity contribution in [1.29, 1.82) is 0 Å². The van der Waals surface area contributed by atoms with Crippen molar-refractivity contribution in [1.82, 2.24) is 9.55 Å². The van der Waals surface area contributed by atoms with Gasteiger partial charge in [-0.25, -0.2) is 4.98 Å². The minimum Gasteiger partial charge on any atom is -0.377 e. The van der Waals surface area contributed by atoms with Crippen LogP contribution in [0, 0.1) is 0 Å². The van der Waals surface area contributed by atoms with Crippen molar-refractivity contribution in [2.75, 3.05) is 7.11 Å². The molecule has 0 saturated carbocycles. The van der Waals surface area contributed by atoms with Gasteiger partial charge in [-0.15, -0.1) is 11.3 Å². The maximum atomic E-state index is 13.2. The zero-order valence-electron chi connectivity index (χ0n) is 13.0. The topological polar surface area (TPSA) is 44.1 Å². The summed E-state index contributed by atoms with van der Waals surface area (Å²) in [4.78, 5) is 20.2. The molecule has 1 aromatic carbocycles. The lowest BCUT2D eigenvalue weighted by Crippen LogP contribution is -2.24. The molecule has 118 valence electrons. The highest BCUT2D eigenvalue weighted by Gasteiger charge is 2.22. The molecule has 0 radical (unpaired) electrons. The summed E-state index contributed by atoms with van der Waals surface area (Å²) in [6.45, 7) is 0.322. The Morgan fingerprint density at radius 2 is 2.00 bits per heavy atom. The van der Waals surface area contributed by atoms with Crippen molar-refractivity contribution >= 4 is 21.6 Å². The van der Waals surface area contributed by atoms with Crippen LogP contribution in [0.25, 0.3) is 15.9 Å². The highest BCUT2D eigenvalue weighted by atomic mass is 32.1. The number of rotatable bonds is 3. The van der Waals surface area contributed by atoms with Crippen LogP contribution in [-0.4, -0.2) is 16.7 Å². The summed E-state index contributed by atoms with van der Waals surface area (Å²) in [5, 5.41) is 0.813. The number of thiophene rings is 1. The highest BCUT2D eigenvalue weighted by molar-refractivity contribution is 7.18. The summed E-state index contributed by atoms with van der Waals surface area (Å²) in [6.07, 6.45) is 4.42. The minimum absolute atomic E-state index is 0.0349. The van der Waals surface area contributed by atoms with Crippen LogP contribution in [-0.2, 0) is 24.2 Å². The molecule has 0 bridgehead atoms. The van der Waals surface area contributed by atoms with E-state index in [1.54, 1.807) is 23.0 Å². The van der Waals surface area contributed by atoms with Gasteiger partial charge in [0.05, 0.1) is 11.1 Å². The third-order valence-electron chi connectivity index (χ3n) is 4.35. The molecular formula is C18H18N2O2S. The zero-order chi connectivity index (χ0) is 15.8. The Hall–Kier alpha value is -1.98. The average Bonchev–Trinajstić information content (AvgIpc) is 2.94. The molecule has 0 spiro atoms. The lowest BCUT2D eigenvalue weighted by atomic mass is 9.97. The van der Waals surface area contributed by atoms with Gasteiger partial charge in [-0.2, -0.15) is 0 Å². The first-order valence-electron chi connectivity index (χ1n) is 7.90. The number of fused-ring (bicyclic) bond motifs is 3. The van der Waals surface area contributed by atoms with E-state index < -0.39 is 0 Å². The smallest absolute Gasteiger partial charge is 0.267 e. The Balaban J connectivity index is 2.05. The molecule has 0 atom stereocenters. The molecule has 0 fully saturated rings. The first-order chi connectivity index (χ1) is 11.3. The standard InChI is InChI=1S/C18H18N2O2S/c1-22-11-15-19-17-16(13-9-5-6-10-14(13)23-17)18(21)20(15)12-7-3-2-4-8-12/h2-4,7-8H,5-6,9-11H2,1H3. The monoisotopic (exact) mass is 326 g/mol. The van der Waals surface area contributed by atoms with Crippen LogP contribution in [0.3, 0.4) is 0 Å². The Morgan fingerprint density at radius 1 is 1.22 bits per heavy atom. The summed E-state index contributed by atoms with van der Waals surface area (Å²) in [5.41, 5.74) is 2.10. The molecule has 2 aromatic heterocycles. The van der Waals surface area contributed by atoms with Crippen LogP contribution >= 0.6 is 11.3 Å². The van der Waals surface area contributed by atoms with Crippen LogP contribution in [0.1, 0.15) is 29.1 Å². The van der Waals surface area contributed by atoms with Crippen molar-refractivity contribution in [3.05, 3.63) is 57.0 Å². The maximum Gasteiger partial charge on any atom is 0.267 e. The second kappa shape index (κ2) is 5.91. The Kier molecular flexibility index (Phi) is 3.75. The molecule has 3 aromatic rings.